The van der Waals surface area contributed by atoms with Crippen molar-refractivity contribution in [2.75, 3.05) is 13.1 Å². The molecule has 4 nitrogen and oxygen atoms in total. The normalized spacial score (nSPS) is 13.3. The van der Waals surface area contributed by atoms with Crippen molar-refractivity contribution in [1.29, 1.82) is 0 Å². The molecule has 0 aliphatic carbocycles. The lowest BCUT2D eigenvalue weighted by Gasteiger charge is -2.15. The molecule has 0 spiro atoms. The van der Waals surface area contributed by atoms with E-state index in [0.717, 1.165) is 12.1 Å². The van der Waals surface area contributed by atoms with E-state index in [1.807, 2.05) is 6.92 Å². The van der Waals surface area contributed by atoms with Gasteiger partial charge in [-0.05, 0) is 42.3 Å². The van der Waals surface area contributed by atoms with Gasteiger partial charge in [0.15, 0.2) is 5.96 Å². The molecule has 2 rings (SSSR count). The van der Waals surface area contributed by atoms with Gasteiger partial charge in [0.2, 0.25) is 0 Å². The minimum atomic E-state index is -4.37. The maximum absolute atomic E-state index is 12.9. The molecule has 0 bridgehead atoms. The first-order chi connectivity index (χ1) is 12.8. The van der Waals surface area contributed by atoms with Crippen molar-refractivity contribution in [3.63, 3.8) is 0 Å². The van der Waals surface area contributed by atoms with E-state index in [2.05, 4.69) is 15.6 Å². The zero-order valence-corrected chi connectivity index (χ0v) is 14.7. The lowest BCUT2D eigenvalue weighted by molar-refractivity contribution is -0.137. The quantitative estimate of drug-likeness (QED) is 0.406. The van der Waals surface area contributed by atoms with Crippen molar-refractivity contribution in [2.45, 2.75) is 25.7 Å². The van der Waals surface area contributed by atoms with Gasteiger partial charge in [0.25, 0.3) is 0 Å². The maximum atomic E-state index is 12.9. The predicted molar refractivity (Wildman–Crippen MR) is 95.6 cm³/mol. The molecule has 0 amide bonds. The van der Waals surface area contributed by atoms with Gasteiger partial charge in [0.05, 0.1) is 18.2 Å². The Balaban J connectivity index is 1.96. The second-order valence-corrected chi connectivity index (χ2v) is 5.84. The van der Waals surface area contributed by atoms with Crippen molar-refractivity contribution in [2.24, 2.45) is 4.99 Å². The summed E-state index contributed by atoms with van der Waals surface area (Å²) in [6.45, 7) is 2.77. The van der Waals surface area contributed by atoms with Crippen molar-refractivity contribution in [3.8, 4) is 0 Å². The van der Waals surface area contributed by atoms with Crippen LogP contribution in [-0.2, 0) is 12.7 Å². The molecular weight excluding hydrogens is 362 g/mol. The first-order valence-electron chi connectivity index (χ1n) is 8.41. The fourth-order valence-corrected chi connectivity index (χ4v) is 2.31. The van der Waals surface area contributed by atoms with Crippen molar-refractivity contribution < 1.29 is 22.7 Å². The van der Waals surface area contributed by atoms with Crippen molar-refractivity contribution >= 4 is 5.96 Å². The largest absolute Gasteiger partial charge is 0.416 e. The predicted octanol–water partition coefficient (Wildman–Crippen LogP) is 3.63. The highest BCUT2D eigenvalue weighted by atomic mass is 19.4. The maximum Gasteiger partial charge on any atom is 0.416 e. The third kappa shape index (κ3) is 6.56. The molecule has 0 saturated heterocycles. The molecule has 1 unspecified atom stereocenters. The summed E-state index contributed by atoms with van der Waals surface area (Å²) in [6.07, 6.45) is -5.23. The molecule has 0 aromatic heterocycles. The average Bonchev–Trinajstić information content (AvgIpc) is 2.64. The number of rotatable bonds is 6. The molecule has 0 aliphatic rings. The summed E-state index contributed by atoms with van der Waals surface area (Å²) in [5.74, 6) is 0.0314. The molecule has 0 saturated carbocycles. The van der Waals surface area contributed by atoms with E-state index in [0.29, 0.717) is 23.6 Å². The minimum Gasteiger partial charge on any atom is -0.387 e. The summed E-state index contributed by atoms with van der Waals surface area (Å²) in [7, 11) is 0. The molecule has 0 aliphatic heterocycles. The second-order valence-electron chi connectivity index (χ2n) is 5.84. The van der Waals surface area contributed by atoms with Gasteiger partial charge in [-0.2, -0.15) is 13.2 Å². The number of hydrogen-bond donors (Lipinski definition) is 3. The zero-order chi connectivity index (χ0) is 19.9. The summed E-state index contributed by atoms with van der Waals surface area (Å²) in [6, 6.07) is 10.3. The van der Waals surface area contributed by atoms with Crippen LogP contribution in [0.1, 0.15) is 29.7 Å². The van der Waals surface area contributed by atoms with Crippen LogP contribution in [0.5, 0.6) is 0 Å². The minimum absolute atomic E-state index is 0.143. The van der Waals surface area contributed by atoms with E-state index >= 15 is 0 Å². The van der Waals surface area contributed by atoms with Gasteiger partial charge >= 0.3 is 6.18 Å². The summed E-state index contributed by atoms with van der Waals surface area (Å²) < 4.78 is 50.7. The number of nitrogens with zero attached hydrogens (tertiary/aromatic N) is 1. The fraction of sp³-hybridized carbons (Fsp3) is 0.316. The van der Waals surface area contributed by atoms with Crippen LogP contribution < -0.4 is 10.6 Å². The molecule has 2 aromatic rings. The number of nitrogens with one attached hydrogen (secondary N) is 2. The Morgan fingerprint density at radius 3 is 2.22 bits per heavy atom. The standard InChI is InChI=1S/C19H21F4N3O/c1-2-24-18(26-12-17(27)14-5-9-16(20)10-6-14)25-11-13-3-7-15(8-4-13)19(21,22)23/h3-10,17,27H,2,11-12H2,1H3,(H2,24,25,26). The molecule has 0 heterocycles. The molecule has 0 fully saturated rings. The summed E-state index contributed by atoms with van der Waals surface area (Å²) in [4.78, 5) is 4.30. The molecule has 8 heteroatoms. The molecular formula is C19H21F4N3O. The van der Waals surface area contributed by atoms with Gasteiger partial charge in [-0.25, -0.2) is 9.38 Å². The lowest BCUT2D eigenvalue weighted by Crippen LogP contribution is -2.39. The van der Waals surface area contributed by atoms with Crippen LogP contribution in [0.25, 0.3) is 0 Å². The van der Waals surface area contributed by atoms with Crippen LogP contribution in [0.4, 0.5) is 17.6 Å². The summed E-state index contributed by atoms with van der Waals surface area (Å²) in [5.41, 5.74) is 0.476. The number of halogens is 4. The Morgan fingerprint density at radius 2 is 1.67 bits per heavy atom. The molecule has 2 aromatic carbocycles. The molecule has 1 atom stereocenters. The van der Waals surface area contributed by atoms with Gasteiger partial charge in [0, 0.05) is 13.1 Å². The Bertz CT molecular complexity index is 743. The number of hydrogen-bond acceptors (Lipinski definition) is 2. The second kappa shape index (κ2) is 9.36. The number of benzene rings is 2. The van der Waals surface area contributed by atoms with Gasteiger partial charge in [-0.15, -0.1) is 0 Å². The average molecular weight is 383 g/mol. The number of aliphatic hydroxyl groups excluding tert-OH is 1. The Labute approximate surface area is 154 Å². The third-order valence-corrected chi connectivity index (χ3v) is 3.76. The van der Waals surface area contributed by atoms with E-state index in [1.54, 1.807) is 0 Å². The highest BCUT2D eigenvalue weighted by molar-refractivity contribution is 5.79. The first kappa shape index (κ1) is 20.7. The zero-order valence-electron chi connectivity index (χ0n) is 14.7. The van der Waals surface area contributed by atoms with Crippen LogP contribution in [0, 0.1) is 5.82 Å². The van der Waals surface area contributed by atoms with E-state index < -0.39 is 17.8 Å². The Hall–Kier alpha value is -2.61. The Morgan fingerprint density at radius 1 is 1.04 bits per heavy atom. The molecule has 146 valence electrons. The van der Waals surface area contributed by atoms with Gasteiger partial charge in [0.1, 0.15) is 5.82 Å². The van der Waals surface area contributed by atoms with E-state index in [-0.39, 0.29) is 18.9 Å². The lowest BCUT2D eigenvalue weighted by atomic mass is 10.1. The Kier molecular flexibility index (Phi) is 7.18. The third-order valence-electron chi connectivity index (χ3n) is 3.76. The summed E-state index contributed by atoms with van der Waals surface area (Å²) in [5, 5.41) is 16.1. The number of aliphatic hydroxyl groups is 1. The number of alkyl halides is 3. The van der Waals surface area contributed by atoms with Crippen molar-refractivity contribution in [3.05, 3.63) is 71.0 Å². The van der Waals surface area contributed by atoms with Gasteiger partial charge in [-0.1, -0.05) is 24.3 Å². The van der Waals surface area contributed by atoms with Gasteiger partial charge < -0.3 is 15.7 Å². The van der Waals surface area contributed by atoms with E-state index in [4.69, 9.17) is 0 Å². The topological polar surface area (TPSA) is 56.7 Å². The van der Waals surface area contributed by atoms with E-state index in [9.17, 15) is 22.7 Å². The number of aliphatic imine (C=N–C) groups is 1. The van der Waals surface area contributed by atoms with Crippen LogP contribution >= 0.6 is 0 Å². The van der Waals surface area contributed by atoms with Crippen LogP contribution in [-0.4, -0.2) is 24.2 Å². The molecule has 0 radical (unpaired) electrons. The fourth-order valence-electron chi connectivity index (χ4n) is 2.31. The summed E-state index contributed by atoms with van der Waals surface area (Å²) >= 11 is 0. The smallest absolute Gasteiger partial charge is 0.387 e. The SMILES string of the molecule is CCNC(=NCc1ccc(C(F)(F)F)cc1)NCC(O)c1ccc(F)cc1. The molecule has 27 heavy (non-hydrogen) atoms. The highest BCUT2D eigenvalue weighted by Gasteiger charge is 2.29. The van der Waals surface area contributed by atoms with Crippen LogP contribution in [0.2, 0.25) is 0 Å². The van der Waals surface area contributed by atoms with Crippen LogP contribution in [0.3, 0.4) is 0 Å². The first-order valence-corrected chi connectivity index (χ1v) is 8.41. The van der Waals surface area contributed by atoms with Gasteiger partial charge in [-0.3, -0.25) is 0 Å². The molecule has 3 N–H and O–H groups in total. The monoisotopic (exact) mass is 383 g/mol. The van der Waals surface area contributed by atoms with Crippen LogP contribution in [0.15, 0.2) is 53.5 Å². The van der Waals surface area contributed by atoms with Crippen molar-refractivity contribution in [1.82, 2.24) is 10.6 Å². The highest BCUT2D eigenvalue weighted by Crippen LogP contribution is 2.29. The van der Waals surface area contributed by atoms with E-state index in [1.165, 1.54) is 36.4 Å². The number of guanidine groups is 1.